The van der Waals surface area contributed by atoms with Crippen molar-refractivity contribution in [3.63, 3.8) is 0 Å². The Labute approximate surface area is 113 Å². The van der Waals surface area contributed by atoms with Gasteiger partial charge in [0, 0.05) is 12.7 Å². The van der Waals surface area contributed by atoms with Crippen molar-refractivity contribution < 1.29 is 13.2 Å². The van der Waals surface area contributed by atoms with Crippen molar-refractivity contribution in [3.05, 3.63) is 58.7 Å². The number of halogens is 4. The molecular formula is C13H10ClF3N2. The van der Waals surface area contributed by atoms with Gasteiger partial charge in [-0.25, -0.2) is 4.98 Å². The van der Waals surface area contributed by atoms with Gasteiger partial charge < -0.3 is 5.32 Å². The van der Waals surface area contributed by atoms with Crippen molar-refractivity contribution in [1.29, 1.82) is 0 Å². The smallest absolute Gasteiger partial charge is 0.365 e. The second-order valence-corrected chi connectivity index (χ2v) is 4.29. The molecule has 0 aliphatic carbocycles. The highest BCUT2D eigenvalue weighted by atomic mass is 35.5. The summed E-state index contributed by atoms with van der Waals surface area (Å²) in [5, 5.41) is 3.32. The molecule has 1 aromatic heterocycles. The van der Waals surface area contributed by atoms with Crippen LogP contribution in [0.15, 0.2) is 42.6 Å². The fraction of sp³-hybridized carbons (Fsp3) is 0.154. The number of hydrogen-bond donors (Lipinski definition) is 1. The third kappa shape index (κ3) is 3.61. The molecule has 0 saturated carbocycles. The minimum Gasteiger partial charge on any atom is -0.365 e. The maximum atomic E-state index is 12.5. The standard InChI is InChI=1S/C13H10ClF3N2/c14-11-5-2-6-18-12(11)19-8-9-3-1-4-10(7-9)13(15,16)17/h1-7H,8H2,(H,18,19). The molecule has 1 aromatic carbocycles. The van der Waals surface area contributed by atoms with Crippen LogP contribution in [0.2, 0.25) is 5.02 Å². The molecule has 0 amide bonds. The molecule has 1 heterocycles. The van der Waals surface area contributed by atoms with Gasteiger partial charge in [0.05, 0.1) is 10.6 Å². The third-order valence-electron chi connectivity index (χ3n) is 2.47. The van der Waals surface area contributed by atoms with E-state index in [2.05, 4.69) is 10.3 Å². The molecule has 1 N–H and O–H groups in total. The summed E-state index contributed by atoms with van der Waals surface area (Å²) < 4.78 is 37.6. The first-order chi connectivity index (χ1) is 8.97. The molecule has 0 aliphatic heterocycles. The van der Waals surface area contributed by atoms with Crippen LogP contribution < -0.4 is 5.32 Å². The summed E-state index contributed by atoms with van der Waals surface area (Å²) in [6, 6.07) is 8.46. The van der Waals surface area contributed by atoms with Gasteiger partial charge in [0.1, 0.15) is 5.82 Å². The zero-order chi connectivity index (χ0) is 13.9. The number of nitrogens with zero attached hydrogens (tertiary/aromatic N) is 1. The molecule has 0 radical (unpaired) electrons. The predicted octanol–water partition coefficient (Wildman–Crippen LogP) is 4.37. The van der Waals surface area contributed by atoms with Crippen LogP contribution in [0, 0.1) is 0 Å². The molecule has 2 nitrogen and oxygen atoms in total. The van der Waals surface area contributed by atoms with E-state index in [9.17, 15) is 13.2 Å². The summed E-state index contributed by atoms with van der Waals surface area (Å²) in [6.45, 7) is 0.223. The minimum absolute atomic E-state index is 0.223. The van der Waals surface area contributed by atoms with Gasteiger partial charge in [0.2, 0.25) is 0 Å². The number of pyridine rings is 1. The molecule has 0 aliphatic rings. The van der Waals surface area contributed by atoms with Crippen LogP contribution in [0.25, 0.3) is 0 Å². The van der Waals surface area contributed by atoms with E-state index < -0.39 is 11.7 Å². The van der Waals surface area contributed by atoms with Crippen LogP contribution in [0.3, 0.4) is 0 Å². The van der Waals surface area contributed by atoms with Gasteiger partial charge in [0.15, 0.2) is 0 Å². The van der Waals surface area contributed by atoms with Crippen LogP contribution in [-0.2, 0) is 12.7 Å². The lowest BCUT2D eigenvalue weighted by molar-refractivity contribution is -0.137. The number of aromatic nitrogens is 1. The second-order valence-electron chi connectivity index (χ2n) is 3.89. The first-order valence-electron chi connectivity index (χ1n) is 5.47. The van der Waals surface area contributed by atoms with Crippen LogP contribution in [0.5, 0.6) is 0 Å². The summed E-state index contributed by atoms with van der Waals surface area (Å²) in [5.41, 5.74) is -0.157. The zero-order valence-electron chi connectivity index (χ0n) is 9.71. The largest absolute Gasteiger partial charge is 0.416 e. The Morgan fingerprint density at radius 2 is 1.95 bits per heavy atom. The molecule has 0 spiro atoms. The average Bonchev–Trinajstić information content (AvgIpc) is 2.37. The minimum atomic E-state index is -4.33. The topological polar surface area (TPSA) is 24.9 Å². The highest BCUT2D eigenvalue weighted by Gasteiger charge is 2.30. The Hall–Kier alpha value is -1.75. The van der Waals surface area contributed by atoms with E-state index in [0.717, 1.165) is 12.1 Å². The van der Waals surface area contributed by atoms with E-state index >= 15 is 0 Å². The number of nitrogens with one attached hydrogen (secondary N) is 1. The van der Waals surface area contributed by atoms with Crippen LogP contribution in [0.4, 0.5) is 19.0 Å². The van der Waals surface area contributed by atoms with Crippen molar-refractivity contribution >= 4 is 17.4 Å². The second kappa shape index (κ2) is 5.48. The Morgan fingerprint density at radius 1 is 1.16 bits per heavy atom. The quantitative estimate of drug-likeness (QED) is 0.906. The van der Waals surface area contributed by atoms with Crippen LogP contribution in [0.1, 0.15) is 11.1 Å². The lowest BCUT2D eigenvalue weighted by Gasteiger charge is -2.10. The lowest BCUT2D eigenvalue weighted by Crippen LogP contribution is -2.07. The van der Waals surface area contributed by atoms with Gasteiger partial charge in [-0.2, -0.15) is 13.2 Å². The van der Waals surface area contributed by atoms with Crippen molar-refractivity contribution in [1.82, 2.24) is 4.98 Å². The molecule has 6 heteroatoms. The Kier molecular flexibility index (Phi) is 3.95. The van der Waals surface area contributed by atoms with Crippen LogP contribution in [-0.4, -0.2) is 4.98 Å². The SMILES string of the molecule is FC(F)(F)c1cccc(CNc2ncccc2Cl)c1. The number of anilines is 1. The fourth-order valence-electron chi connectivity index (χ4n) is 1.56. The van der Waals surface area contributed by atoms with Gasteiger partial charge in [0.25, 0.3) is 0 Å². The molecule has 2 aromatic rings. The number of rotatable bonds is 3. The van der Waals surface area contributed by atoms with Gasteiger partial charge >= 0.3 is 6.18 Å². The van der Waals surface area contributed by atoms with E-state index in [4.69, 9.17) is 11.6 Å². The molecule has 0 atom stereocenters. The van der Waals surface area contributed by atoms with E-state index in [0.29, 0.717) is 16.4 Å². The van der Waals surface area contributed by atoms with Gasteiger partial charge in [-0.05, 0) is 29.8 Å². The van der Waals surface area contributed by atoms with Crippen molar-refractivity contribution in [2.24, 2.45) is 0 Å². The molecule has 0 bridgehead atoms. The summed E-state index contributed by atoms with van der Waals surface area (Å²) in [7, 11) is 0. The molecule has 2 rings (SSSR count). The molecule has 0 saturated heterocycles. The molecule has 0 unspecified atom stereocenters. The summed E-state index contributed by atoms with van der Waals surface area (Å²) in [4.78, 5) is 4.00. The summed E-state index contributed by atoms with van der Waals surface area (Å²) in [5.74, 6) is 0.446. The van der Waals surface area contributed by atoms with Gasteiger partial charge in [-0.15, -0.1) is 0 Å². The maximum Gasteiger partial charge on any atom is 0.416 e. The number of alkyl halides is 3. The monoisotopic (exact) mass is 286 g/mol. The maximum absolute atomic E-state index is 12.5. The molecule has 0 fully saturated rings. The highest BCUT2D eigenvalue weighted by molar-refractivity contribution is 6.32. The Balaban J connectivity index is 2.10. The van der Waals surface area contributed by atoms with Crippen molar-refractivity contribution in [3.8, 4) is 0 Å². The van der Waals surface area contributed by atoms with Crippen molar-refractivity contribution in [2.45, 2.75) is 12.7 Å². The first-order valence-corrected chi connectivity index (χ1v) is 5.85. The summed E-state index contributed by atoms with van der Waals surface area (Å²) >= 11 is 5.89. The Morgan fingerprint density at radius 3 is 2.63 bits per heavy atom. The molecule has 100 valence electrons. The van der Waals surface area contributed by atoms with E-state index in [-0.39, 0.29) is 6.54 Å². The number of benzene rings is 1. The summed E-state index contributed by atoms with van der Waals surface area (Å²) in [6.07, 6.45) is -2.78. The molecule has 19 heavy (non-hydrogen) atoms. The zero-order valence-corrected chi connectivity index (χ0v) is 10.5. The fourth-order valence-corrected chi connectivity index (χ4v) is 1.75. The van der Waals surface area contributed by atoms with Gasteiger partial charge in [-0.3, -0.25) is 0 Å². The normalized spacial score (nSPS) is 11.4. The Bertz CT molecular complexity index is 570. The van der Waals surface area contributed by atoms with E-state index in [1.807, 2.05) is 0 Å². The average molecular weight is 287 g/mol. The van der Waals surface area contributed by atoms with E-state index in [1.165, 1.54) is 6.07 Å². The van der Waals surface area contributed by atoms with Crippen molar-refractivity contribution in [2.75, 3.05) is 5.32 Å². The van der Waals surface area contributed by atoms with E-state index in [1.54, 1.807) is 24.4 Å². The highest BCUT2D eigenvalue weighted by Crippen LogP contribution is 2.29. The molecular weight excluding hydrogens is 277 g/mol. The van der Waals surface area contributed by atoms with Gasteiger partial charge in [-0.1, -0.05) is 23.7 Å². The lowest BCUT2D eigenvalue weighted by atomic mass is 10.1. The third-order valence-corrected chi connectivity index (χ3v) is 2.78. The predicted molar refractivity (Wildman–Crippen MR) is 68.0 cm³/mol. The first kappa shape index (κ1) is 13.7. The van der Waals surface area contributed by atoms with Crippen LogP contribution >= 0.6 is 11.6 Å². The number of hydrogen-bond acceptors (Lipinski definition) is 2.